The van der Waals surface area contributed by atoms with E-state index in [-0.39, 0.29) is 5.60 Å². The van der Waals surface area contributed by atoms with Crippen LogP contribution in [0, 0.1) is 5.41 Å². The molecule has 0 atom stereocenters. The SMILES string of the molecule is CCOC1(c2noc(CNC(C)C)n2)CCC(C)(C)CC1. The van der Waals surface area contributed by atoms with Crippen LogP contribution in [0.15, 0.2) is 4.52 Å². The van der Waals surface area contributed by atoms with Crippen molar-refractivity contribution in [2.24, 2.45) is 5.41 Å². The lowest BCUT2D eigenvalue weighted by molar-refractivity contribution is -0.0957. The molecule has 0 spiro atoms. The summed E-state index contributed by atoms with van der Waals surface area (Å²) in [4.78, 5) is 4.58. The molecule has 120 valence electrons. The number of rotatable bonds is 6. The van der Waals surface area contributed by atoms with Crippen LogP contribution in [0.4, 0.5) is 0 Å². The largest absolute Gasteiger partial charge is 0.367 e. The van der Waals surface area contributed by atoms with E-state index >= 15 is 0 Å². The Bertz CT molecular complexity index is 444. The lowest BCUT2D eigenvalue weighted by Gasteiger charge is -2.41. The minimum absolute atomic E-state index is 0.357. The van der Waals surface area contributed by atoms with E-state index in [0.29, 0.717) is 30.5 Å². The quantitative estimate of drug-likeness (QED) is 0.871. The lowest BCUT2D eigenvalue weighted by Crippen LogP contribution is -2.38. The van der Waals surface area contributed by atoms with E-state index in [1.165, 1.54) is 0 Å². The predicted octanol–water partition coefficient (Wildman–Crippen LogP) is 3.40. The third-order valence-corrected chi connectivity index (χ3v) is 4.37. The van der Waals surface area contributed by atoms with Crippen molar-refractivity contribution in [3.05, 3.63) is 11.7 Å². The highest BCUT2D eigenvalue weighted by atomic mass is 16.5. The second kappa shape index (κ2) is 6.44. The summed E-state index contributed by atoms with van der Waals surface area (Å²) in [5, 5.41) is 7.50. The molecule has 0 aromatic carbocycles. The van der Waals surface area contributed by atoms with E-state index in [0.717, 1.165) is 31.5 Å². The molecule has 1 aromatic heterocycles. The first-order valence-corrected chi connectivity index (χ1v) is 8.07. The maximum absolute atomic E-state index is 6.08. The van der Waals surface area contributed by atoms with Crippen LogP contribution >= 0.6 is 0 Å². The van der Waals surface area contributed by atoms with Gasteiger partial charge in [0.15, 0.2) is 0 Å². The van der Waals surface area contributed by atoms with Gasteiger partial charge in [-0.2, -0.15) is 4.98 Å². The highest BCUT2D eigenvalue weighted by molar-refractivity contribution is 5.05. The molecule has 1 fully saturated rings. The van der Waals surface area contributed by atoms with Crippen LogP contribution < -0.4 is 5.32 Å². The minimum Gasteiger partial charge on any atom is -0.367 e. The molecule has 21 heavy (non-hydrogen) atoms. The first-order valence-electron chi connectivity index (χ1n) is 8.07. The zero-order valence-electron chi connectivity index (χ0n) is 14.0. The van der Waals surface area contributed by atoms with Crippen LogP contribution in [0.5, 0.6) is 0 Å². The summed E-state index contributed by atoms with van der Waals surface area (Å²) in [5.74, 6) is 1.36. The Balaban J connectivity index is 2.12. The fourth-order valence-electron chi connectivity index (χ4n) is 2.84. The molecule has 2 rings (SSSR count). The van der Waals surface area contributed by atoms with Crippen molar-refractivity contribution in [3.8, 4) is 0 Å². The van der Waals surface area contributed by atoms with Gasteiger partial charge in [0.2, 0.25) is 11.7 Å². The van der Waals surface area contributed by atoms with Gasteiger partial charge in [0.1, 0.15) is 5.60 Å². The molecule has 0 saturated heterocycles. The number of aromatic nitrogens is 2. The standard InChI is InChI=1S/C16H29N3O2/c1-6-20-16(9-7-15(4,5)8-10-16)14-18-13(21-19-14)11-17-12(2)3/h12,17H,6-11H2,1-5H3. The molecule has 0 amide bonds. The first-order chi connectivity index (χ1) is 9.87. The Labute approximate surface area is 127 Å². The Hall–Kier alpha value is -0.940. The van der Waals surface area contributed by atoms with Crippen molar-refractivity contribution >= 4 is 0 Å². The number of nitrogens with zero attached hydrogens (tertiary/aromatic N) is 2. The van der Waals surface area contributed by atoms with E-state index in [2.05, 4.69) is 43.2 Å². The molecule has 1 aliphatic carbocycles. The van der Waals surface area contributed by atoms with Gasteiger partial charge in [-0.15, -0.1) is 0 Å². The van der Waals surface area contributed by atoms with Crippen molar-refractivity contribution < 1.29 is 9.26 Å². The number of hydrogen-bond acceptors (Lipinski definition) is 5. The van der Waals surface area contributed by atoms with E-state index < -0.39 is 0 Å². The van der Waals surface area contributed by atoms with Crippen LogP contribution in [0.1, 0.15) is 72.0 Å². The van der Waals surface area contributed by atoms with Gasteiger partial charge in [0.25, 0.3) is 0 Å². The molecule has 5 heteroatoms. The van der Waals surface area contributed by atoms with Crippen LogP contribution in [-0.4, -0.2) is 22.8 Å². The van der Waals surface area contributed by atoms with Gasteiger partial charge in [-0.1, -0.05) is 32.9 Å². The van der Waals surface area contributed by atoms with E-state index in [4.69, 9.17) is 9.26 Å². The summed E-state index contributed by atoms with van der Waals surface area (Å²) in [6, 6.07) is 0.400. The molecule has 0 aliphatic heterocycles. The summed E-state index contributed by atoms with van der Waals surface area (Å²) in [6.07, 6.45) is 4.18. The van der Waals surface area contributed by atoms with E-state index in [1.54, 1.807) is 0 Å². The third kappa shape index (κ3) is 4.04. The van der Waals surface area contributed by atoms with Crippen molar-refractivity contribution in [1.29, 1.82) is 0 Å². The molecular weight excluding hydrogens is 266 g/mol. The van der Waals surface area contributed by atoms with Gasteiger partial charge < -0.3 is 14.6 Å². The topological polar surface area (TPSA) is 60.2 Å². The summed E-state index contributed by atoms with van der Waals surface area (Å²) in [6.45, 7) is 12.1. The second-order valence-corrected chi connectivity index (χ2v) is 7.14. The molecule has 1 aliphatic rings. The molecule has 0 unspecified atom stereocenters. The van der Waals surface area contributed by atoms with Crippen LogP contribution in [-0.2, 0) is 16.9 Å². The highest BCUT2D eigenvalue weighted by Crippen LogP contribution is 2.46. The van der Waals surface area contributed by atoms with Gasteiger partial charge in [0.05, 0.1) is 6.54 Å². The van der Waals surface area contributed by atoms with Gasteiger partial charge in [-0.05, 0) is 38.0 Å². The fourth-order valence-corrected chi connectivity index (χ4v) is 2.84. The summed E-state index contributed by atoms with van der Waals surface area (Å²) >= 11 is 0. The Morgan fingerprint density at radius 2 is 1.90 bits per heavy atom. The van der Waals surface area contributed by atoms with E-state index in [9.17, 15) is 0 Å². The average molecular weight is 295 g/mol. The molecule has 1 aromatic rings. The van der Waals surface area contributed by atoms with Gasteiger partial charge in [-0.3, -0.25) is 0 Å². The number of hydrogen-bond donors (Lipinski definition) is 1. The maximum Gasteiger partial charge on any atom is 0.240 e. The summed E-state index contributed by atoms with van der Waals surface area (Å²) in [5.41, 5.74) is 0.0240. The Kier molecular flexibility index (Phi) is 5.04. The van der Waals surface area contributed by atoms with Crippen molar-refractivity contribution in [2.75, 3.05) is 6.61 Å². The van der Waals surface area contributed by atoms with E-state index in [1.807, 2.05) is 6.92 Å². The van der Waals surface area contributed by atoms with Crippen LogP contribution in [0.3, 0.4) is 0 Å². The number of nitrogens with one attached hydrogen (secondary N) is 1. The second-order valence-electron chi connectivity index (χ2n) is 7.14. The normalized spacial score (nSPS) is 20.9. The van der Waals surface area contributed by atoms with Crippen LogP contribution in [0.2, 0.25) is 0 Å². The van der Waals surface area contributed by atoms with Gasteiger partial charge in [0, 0.05) is 12.6 Å². The van der Waals surface area contributed by atoms with Gasteiger partial charge >= 0.3 is 0 Å². The molecule has 0 bridgehead atoms. The zero-order valence-corrected chi connectivity index (χ0v) is 14.0. The molecule has 5 nitrogen and oxygen atoms in total. The minimum atomic E-state index is -0.357. The summed E-state index contributed by atoms with van der Waals surface area (Å²) < 4.78 is 11.5. The zero-order chi connectivity index (χ0) is 15.5. The monoisotopic (exact) mass is 295 g/mol. The average Bonchev–Trinajstić information content (AvgIpc) is 2.89. The molecule has 1 N–H and O–H groups in total. The molecule has 1 saturated carbocycles. The van der Waals surface area contributed by atoms with Crippen molar-refractivity contribution in [3.63, 3.8) is 0 Å². The highest BCUT2D eigenvalue weighted by Gasteiger charge is 2.43. The Morgan fingerprint density at radius 3 is 2.48 bits per heavy atom. The van der Waals surface area contributed by atoms with Crippen molar-refractivity contribution in [1.82, 2.24) is 15.5 Å². The smallest absolute Gasteiger partial charge is 0.240 e. The van der Waals surface area contributed by atoms with Crippen molar-refractivity contribution in [2.45, 2.75) is 78.5 Å². The summed E-state index contributed by atoms with van der Waals surface area (Å²) in [7, 11) is 0. The first kappa shape index (κ1) is 16.4. The Morgan fingerprint density at radius 1 is 1.24 bits per heavy atom. The number of ether oxygens (including phenoxy) is 1. The lowest BCUT2D eigenvalue weighted by atomic mass is 9.70. The maximum atomic E-state index is 6.08. The predicted molar refractivity (Wildman–Crippen MR) is 81.8 cm³/mol. The van der Waals surface area contributed by atoms with Crippen LogP contribution in [0.25, 0.3) is 0 Å². The third-order valence-electron chi connectivity index (χ3n) is 4.37. The molecule has 0 radical (unpaired) electrons. The molecular formula is C16H29N3O2. The molecule has 1 heterocycles. The van der Waals surface area contributed by atoms with Gasteiger partial charge in [-0.25, -0.2) is 0 Å². The fraction of sp³-hybridized carbons (Fsp3) is 0.875.